The zero-order valence-electron chi connectivity index (χ0n) is 19.8. The molecule has 0 unspecified atom stereocenters. The molecule has 0 saturated carbocycles. The Morgan fingerprint density at radius 3 is 2.39 bits per heavy atom. The fourth-order valence-corrected chi connectivity index (χ4v) is 4.54. The van der Waals surface area contributed by atoms with Gasteiger partial charge in [-0.2, -0.15) is 13.2 Å². The first kappa shape index (κ1) is 27.3. The largest absolute Gasteiger partial charge is 0.490 e. The van der Waals surface area contributed by atoms with Crippen LogP contribution >= 0.6 is 0 Å². The third-order valence-corrected chi connectivity index (χ3v) is 6.44. The summed E-state index contributed by atoms with van der Waals surface area (Å²) in [6.45, 7) is 0.451. The lowest BCUT2D eigenvalue weighted by atomic mass is 9.95. The number of nitrogens with two attached hydrogens (primary N) is 1. The molecule has 1 amide bonds. The van der Waals surface area contributed by atoms with Gasteiger partial charge in [0.1, 0.15) is 11.8 Å². The molecule has 2 aliphatic rings. The number of hydrogen-bond donors (Lipinski definition) is 3. The van der Waals surface area contributed by atoms with Crippen LogP contribution in [-0.2, 0) is 33.6 Å². The van der Waals surface area contributed by atoms with Crippen molar-refractivity contribution in [1.82, 2.24) is 5.01 Å². The van der Waals surface area contributed by atoms with Crippen LogP contribution in [0, 0.1) is 5.92 Å². The van der Waals surface area contributed by atoms with Crippen LogP contribution < -0.4 is 11.2 Å². The molecular formula is C26H30F3N3O4. The minimum Gasteiger partial charge on any atom is -0.475 e. The van der Waals surface area contributed by atoms with E-state index in [0.29, 0.717) is 19.4 Å². The smallest absolute Gasteiger partial charge is 0.475 e. The number of carboxylic acid groups (broad SMARTS) is 1. The fraction of sp³-hybridized carbons (Fsp3) is 0.423. The van der Waals surface area contributed by atoms with Gasteiger partial charge in [-0.25, -0.2) is 9.80 Å². The molecule has 4 rings (SSSR count). The maximum Gasteiger partial charge on any atom is 0.490 e. The number of amides is 1. The molecule has 194 valence electrons. The number of ketones is 1. The van der Waals surface area contributed by atoms with Crippen molar-refractivity contribution < 1.29 is 32.7 Å². The van der Waals surface area contributed by atoms with Gasteiger partial charge in [0.05, 0.1) is 0 Å². The van der Waals surface area contributed by atoms with Crippen molar-refractivity contribution in [2.24, 2.45) is 11.8 Å². The number of nitrogens with zero attached hydrogens (tertiary/aromatic N) is 1. The monoisotopic (exact) mass is 505 g/mol. The number of nitrogens with one attached hydrogen (secondary N) is 1. The number of aryl methyl sites for hydroxylation is 3. The molecule has 0 aromatic heterocycles. The van der Waals surface area contributed by atoms with E-state index >= 15 is 0 Å². The van der Waals surface area contributed by atoms with E-state index in [1.807, 2.05) is 24.3 Å². The standard InChI is InChI=1S/C24H29N3O2.C2HF3O2/c25-27-16-20(23(28)11-4-8-17-6-2-1-3-7-17)15-22(27)24(29)26-21-13-12-18-9-5-10-19(18)14-21;3-2(4,5)1(6)7/h1-3,6-7,12-14,20,22H,4-5,8-11,15-16,25H2,(H,26,29);(H,6,7)/t20-,22+;/m1./s1. The number of fused-ring (bicyclic) bond motifs is 1. The number of hydrogen-bond acceptors (Lipinski definition) is 5. The quantitative estimate of drug-likeness (QED) is 0.492. The Kier molecular flexibility index (Phi) is 9.22. The van der Waals surface area contributed by atoms with Gasteiger partial charge in [-0.05, 0) is 67.3 Å². The third-order valence-electron chi connectivity index (χ3n) is 6.44. The van der Waals surface area contributed by atoms with Crippen LogP contribution in [0.25, 0.3) is 0 Å². The van der Waals surface area contributed by atoms with E-state index in [-0.39, 0.29) is 17.6 Å². The second-order valence-electron chi connectivity index (χ2n) is 9.08. The Hall–Kier alpha value is -3.24. The predicted molar refractivity (Wildman–Crippen MR) is 128 cm³/mol. The van der Waals surface area contributed by atoms with Gasteiger partial charge >= 0.3 is 12.1 Å². The number of rotatable bonds is 7. The molecule has 0 bridgehead atoms. The van der Waals surface area contributed by atoms with E-state index < -0.39 is 18.2 Å². The van der Waals surface area contributed by atoms with Gasteiger partial charge in [0.15, 0.2) is 0 Å². The molecule has 2 atom stereocenters. The molecule has 1 aliphatic carbocycles. The topological polar surface area (TPSA) is 113 Å². The summed E-state index contributed by atoms with van der Waals surface area (Å²) >= 11 is 0. The molecule has 10 heteroatoms. The SMILES string of the molecule is NN1C[C@H](C(=O)CCCc2ccccc2)C[C@H]1C(=O)Nc1ccc2c(c1)CCC2.O=C(O)C(F)(F)F. The van der Waals surface area contributed by atoms with E-state index in [0.717, 1.165) is 31.4 Å². The van der Waals surface area contributed by atoms with Crippen LogP contribution in [0.5, 0.6) is 0 Å². The number of alkyl halides is 3. The summed E-state index contributed by atoms with van der Waals surface area (Å²) in [7, 11) is 0. The van der Waals surface area contributed by atoms with Gasteiger partial charge in [0, 0.05) is 24.6 Å². The first-order valence-electron chi connectivity index (χ1n) is 11.9. The molecule has 7 nitrogen and oxygen atoms in total. The van der Waals surface area contributed by atoms with Gasteiger partial charge in [-0.1, -0.05) is 36.4 Å². The van der Waals surface area contributed by atoms with Gasteiger partial charge in [-0.15, -0.1) is 0 Å². The molecule has 2 aromatic rings. The van der Waals surface area contributed by atoms with Crippen LogP contribution in [0.2, 0.25) is 0 Å². The van der Waals surface area contributed by atoms with Gasteiger partial charge in [0.25, 0.3) is 0 Å². The van der Waals surface area contributed by atoms with Gasteiger partial charge in [-0.3, -0.25) is 15.4 Å². The number of carboxylic acids is 1. The van der Waals surface area contributed by atoms with Crippen LogP contribution in [0.4, 0.5) is 18.9 Å². The van der Waals surface area contributed by atoms with Gasteiger partial charge < -0.3 is 10.4 Å². The molecule has 1 aliphatic heterocycles. The highest BCUT2D eigenvalue weighted by molar-refractivity contribution is 5.96. The highest BCUT2D eigenvalue weighted by Crippen LogP contribution is 2.27. The summed E-state index contributed by atoms with van der Waals surface area (Å²) in [5, 5.41) is 11.7. The zero-order valence-corrected chi connectivity index (χ0v) is 19.8. The normalized spacial score (nSPS) is 19.2. The minimum absolute atomic E-state index is 0.120. The number of carbonyl (C=O) groups excluding carboxylic acids is 2. The van der Waals surface area contributed by atoms with E-state index in [1.165, 1.54) is 28.1 Å². The van der Waals surface area contributed by atoms with Crippen LogP contribution in [0.3, 0.4) is 0 Å². The second kappa shape index (κ2) is 12.1. The molecule has 1 saturated heterocycles. The number of benzene rings is 2. The summed E-state index contributed by atoms with van der Waals surface area (Å²) in [6, 6.07) is 15.9. The van der Waals surface area contributed by atoms with Gasteiger partial charge in [0.2, 0.25) is 5.91 Å². The molecule has 1 heterocycles. The number of hydrazine groups is 1. The molecule has 0 spiro atoms. The number of aliphatic carboxylic acids is 1. The van der Waals surface area contributed by atoms with Crippen molar-refractivity contribution in [3.63, 3.8) is 0 Å². The van der Waals surface area contributed by atoms with E-state index in [2.05, 4.69) is 29.6 Å². The summed E-state index contributed by atoms with van der Waals surface area (Å²) in [4.78, 5) is 34.3. The predicted octanol–water partition coefficient (Wildman–Crippen LogP) is 3.90. The summed E-state index contributed by atoms with van der Waals surface area (Å²) in [5.41, 5.74) is 4.77. The number of Topliss-reactive ketones (excluding diaryl/α,β-unsaturated/α-hetero) is 1. The second-order valence-corrected chi connectivity index (χ2v) is 9.08. The first-order valence-corrected chi connectivity index (χ1v) is 11.9. The molecule has 36 heavy (non-hydrogen) atoms. The van der Waals surface area contributed by atoms with Crippen LogP contribution in [0.15, 0.2) is 48.5 Å². The Labute approximate surface area is 207 Å². The molecule has 1 fully saturated rings. The molecular weight excluding hydrogens is 475 g/mol. The Morgan fingerprint density at radius 1 is 1.06 bits per heavy atom. The maximum absolute atomic E-state index is 12.7. The summed E-state index contributed by atoms with van der Waals surface area (Å²) in [6.07, 6.45) is 1.05. The van der Waals surface area contributed by atoms with E-state index in [1.54, 1.807) is 0 Å². The number of anilines is 1. The molecule has 2 aromatic carbocycles. The van der Waals surface area contributed by atoms with Crippen molar-refractivity contribution in [1.29, 1.82) is 0 Å². The lowest BCUT2D eigenvalue weighted by Crippen LogP contribution is -2.43. The number of halogens is 3. The summed E-state index contributed by atoms with van der Waals surface area (Å²) < 4.78 is 31.7. The lowest BCUT2D eigenvalue weighted by molar-refractivity contribution is -0.192. The lowest BCUT2D eigenvalue weighted by Gasteiger charge is -2.18. The Morgan fingerprint density at radius 2 is 1.72 bits per heavy atom. The average molecular weight is 506 g/mol. The van der Waals surface area contributed by atoms with E-state index in [4.69, 9.17) is 15.7 Å². The Balaban J connectivity index is 0.000000454. The van der Waals surface area contributed by atoms with Crippen LogP contribution in [0.1, 0.15) is 42.4 Å². The maximum atomic E-state index is 12.7. The average Bonchev–Trinajstić information content (AvgIpc) is 3.45. The van der Waals surface area contributed by atoms with Crippen molar-refractivity contribution in [2.75, 3.05) is 11.9 Å². The first-order chi connectivity index (χ1) is 17.0. The van der Waals surface area contributed by atoms with Crippen molar-refractivity contribution in [3.8, 4) is 0 Å². The molecule has 4 N–H and O–H groups in total. The van der Waals surface area contributed by atoms with Crippen molar-refractivity contribution >= 4 is 23.3 Å². The van der Waals surface area contributed by atoms with Crippen LogP contribution in [-0.4, -0.2) is 46.5 Å². The van der Waals surface area contributed by atoms with Crippen molar-refractivity contribution in [3.05, 3.63) is 65.2 Å². The Bertz CT molecular complexity index is 1080. The zero-order chi connectivity index (χ0) is 26.3. The summed E-state index contributed by atoms with van der Waals surface area (Å²) in [5.74, 6) is 3.27. The third kappa shape index (κ3) is 7.63. The van der Waals surface area contributed by atoms with Crippen molar-refractivity contribution in [2.45, 2.75) is 57.2 Å². The highest BCUT2D eigenvalue weighted by atomic mass is 19.4. The fourth-order valence-electron chi connectivity index (χ4n) is 4.54. The molecule has 0 radical (unpaired) electrons. The highest BCUT2D eigenvalue weighted by Gasteiger charge is 2.39. The minimum atomic E-state index is -5.08. The number of carbonyl (C=O) groups is 3. The van der Waals surface area contributed by atoms with E-state index in [9.17, 15) is 22.8 Å².